The Balaban J connectivity index is 0.000000197. The van der Waals surface area contributed by atoms with Gasteiger partial charge in [0.15, 0.2) is 0 Å². The molecule has 270 valence electrons. The highest BCUT2D eigenvalue weighted by atomic mass is 19.4. The minimum absolute atomic E-state index is 0.0900. The number of hydrogen-bond acceptors (Lipinski definition) is 2. The minimum atomic E-state index is -4.89. The molecule has 14 heteroatoms. The Morgan fingerprint density at radius 2 is 1.30 bits per heavy atom. The van der Waals surface area contributed by atoms with Gasteiger partial charge in [0, 0.05) is 6.54 Å². The number of amides is 2. The van der Waals surface area contributed by atoms with Crippen LogP contribution in [0.25, 0.3) is 11.1 Å². The van der Waals surface area contributed by atoms with Crippen molar-refractivity contribution in [1.82, 2.24) is 10.2 Å². The van der Waals surface area contributed by atoms with Gasteiger partial charge < -0.3 is 15.3 Å². The molecule has 2 amide bonds. The number of benzene rings is 3. The highest BCUT2D eigenvalue weighted by Gasteiger charge is 2.45. The number of carboxylic acid groups (broad SMARTS) is 1. The number of alkyl halides is 9. The number of carbonyl (C=O) groups excluding carboxylic acids is 1. The lowest BCUT2D eigenvalue weighted by Crippen LogP contribution is -2.28. The highest BCUT2D eigenvalue weighted by molar-refractivity contribution is 5.78. The second-order valence-corrected chi connectivity index (χ2v) is 13.2. The first-order valence-corrected chi connectivity index (χ1v) is 16.1. The van der Waals surface area contributed by atoms with Crippen LogP contribution < -0.4 is 5.32 Å². The summed E-state index contributed by atoms with van der Waals surface area (Å²) in [6.07, 6.45) is -9.92. The lowest BCUT2D eigenvalue weighted by molar-refractivity contribution is -0.144. The van der Waals surface area contributed by atoms with Crippen LogP contribution in [0.4, 0.5) is 44.3 Å². The number of aliphatic carboxylic acids is 1. The summed E-state index contributed by atoms with van der Waals surface area (Å²) >= 11 is 0. The van der Waals surface area contributed by atoms with E-state index in [1.165, 1.54) is 11.0 Å². The maximum Gasteiger partial charge on any atom is 0.416 e. The molecule has 3 aromatic carbocycles. The largest absolute Gasteiger partial charge is 0.481 e. The number of halogens is 9. The average molecular weight is 715 g/mol. The lowest BCUT2D eigenvalue weighted by Gasteiger charge is -2.27. The Kier molecular flexibility index (Phi) is 10.2. The van der Waals surface area contributed by atoms with Gasteiger partial charge in [0.05, 0.1) is 34.7 Å². The van der Waals surface area contributed by atoms with Crippen molar-refractivity contribution in [2.75, 3.05) is 6.54 Å². The van der Waals surface area contributed by atoms with E-state index in [1.807, 2.05) is 13.0 Å². The number of carboxylic acids is 1. The molecule has 0 spiro atoms. The van der Waals surface area contributed by atoms with Crippen molar-refractivity contribution < 1.29 is 54.2 Å². The molecule has 6 rings (SSSR count). The van der Waals surface area contributed by atoms with Crippen LogP contribution in [0, 0.1) is 19.8 Å². The quantitative estimate of drug-likeness (QED) is 0.265. The van der Waals surface area contributed by atoms with E-state index in [2.05, 4.69) is 17.4 Å². The molecule has 3 aliphatic rings. The van der Waals surface area contributed by atoms with Gasteiger partial charge in [0.1, 0.15) is 0 Å². The summed E-state index contributed by atoms with van der Waals surface area (Å²) in [5, 5.41) is 11.6. The zero-order valence-corrected chi connectivity index (χ0v) is 27.1. The third-order valence-corrected chi connectivity index (χ3v) is 9.85. The van der Waals surface area contributed by atoms with Gasteiger partial charge in [-0.25, -0.2) is 4.79 Å². The van der Waals surface area contributed by atoms with Crippen molar-refractivity contribution in [3.63, 3.8) is 0 Å². The van der Waals surface area contributed by atoms with Crippen molar-refractivity contribution in [2.45, 2.75) is 88.9 Å². The van der Waals surface area contributed by atoms with Crippen molar-refractivity contribution in [3.8, 4) is 11.1 Å². The maximum atomic E-state index is 12.9. The van der Waals surface area contributed by atoms with Gasteiger partial charge >= 0.3 is 30.5 Å². The number of nitrogens with zero attached hydrogens (tertiary/aromatic N) is 1. The van der Waals surface area contributed by atoms with Gasteiger partial charge in [0.25, 0.3) is 0 Å². The van der Waals surface area contributed by atoms with Gasteiger partial charge in [-0.1, -0.05) is 24.3 Å². The van der Waals surface area contributed by atoms with Crippen LogP contribution in [0.15, 0.2) is 54.6 Å². The van der Waals surface area contributed by atoms with Gasteiger partial charge in [-0.3, -0.25) is 4.79 Å². The number of carbonyl (C=O) groups is 2. The smallest absolute Gasteiger partial charge is 0.416 e. The first-order valence-electron chi connectivity index (χ1n) is 16.1. The molecule has 2 N–H and O–H groups in total. The monoisotopic (exact) mass is 714 g/mol. The summed E-state index contributed by atoms with van der Waals surface area (Å²) in [6, 6.07) is 9.73. The van der Waals surface area contributed by atoms with Crippen molar-refractivity contribution >= 4 is 12.0 Å². The number of fused-ring (bicyclic) bond motifs is 1. The van der Waals surface area contributed by atoms with Crippen molar-refractivity contribution in [3.05, 3.63) is 93.5 Å². The van der Waals surface area contributed by atoms with Crippen LogP contribution in [0.2, 0.25) is 0 Å². The molecule has 1 saturated carbocycles. The van der Waals surface area contributed by atoms with Crippen LogP contribution >= 0.6 is 0 Å². The standard InChI is InChI=1S/C22H23F3O2.C14H12F6N2O/c1-13-3-4-17(15-5-7-16(8-6-15)21(26)27)12-20(13)19-10-9-18(11-14(19)2)22(23,24)25;15-13(16,17)8-4-7(5-9(6-8)14(18,19)20)11-10-2-1-3-22(10)12(23)21-11/h3-4,9-12,15-16H,5-8H2,1-2H3,(H,26,27);4-6,10-11H,1-3H2,(H,21,23)/t;10-,11+/m.0/s1. The number of rotatable bonds is 4. The molecule has 0 unspecified atom stereocenters. The van der Waals surface area contributed by atoms with E-state index in [9.17, 15) is 49.1 Å². The third-order valence-electron chi connectivity index (χ3n) is 9.85. The van der Waals surface area contributed by atoms with Gasteiger partial charge in [-0.2, -0.15) is 39.5 Å². The zero-order valence-electron chi connectivity index (χ0n) is 27.1. The molecular weight excluding hydrogens is 679 g/mol. The van der Waals surface area contributed by atoms with Crippen LogP contribution in [0.3, 0.4) is 0 Å². The van der Waals surface area contributed by atoms with Gasteiger partial charge in [0.2, 0.25) is 0 Å². The van der Waals surface area contributed by atoms with E-state index in [0.29, 0.717) is 55.8 Å². The molecule has 2 aliphatic heterocycles. The molecule has 3 fully saturated rings. The molecule has 2 heterocycles. The molecule has 1 aliphatic carbocycles. The maximum absolute atomic E-state index is 12.9. The molecule has 0 aromatic heterocycles. The molecular formula is C36H35F9N2O3. The molecule has 3 aromatic rings. The predicted octanol–water partition coefficient (Wildman–Crippen LogP) is 10.3. The van der Waals surface area contributed by atoms with E-state index < -0.39 is 59.3 Å². The third kappa shape index (κ3) is 8.04. The summed E-state index contributed by atoms with van der Waals surface area (Å²) in [7, 11) is 0. The second-order valence-electron chi connectivity index (χ2n) is 13.2. The number of hydrogen-bond donors (Lipinski definition) is 2. The molecule has 2 atom stereocenters. The van der Waals surface area contributed by atoms with Crippen molar-refractivity contribution in [1.29, 1.82) is 0 Å². The van der Waals surface area contributed by atoms with E-state index in [1.54, 1.807) is 13.0 Å². The molecule has 2 saturated heterocycles. The normalized spacial score (nSPS) is 22.5. The molecule has 5 nitrogen and oxygen atoms in total. The SMILES string of the molecule is Cc1cc(C(F)(F)F)ccc1-c1cc(C2CCC(C(=O)O)CC2)ccc1C.O=C1N[C@H](c2cc(C(F)(F)F)cc(C(F)(F)F)c2)[C@@H]2CCCN12. The van der Waals surface area contributed by atoms with Gasteiger partial charge in [-0.15, -0.1) is 0 Å². The topological polar surface area (TPSA) is 69.6 Å². The Bertz CT molecular complexity index is 1710. The Morgan fingerprint density at radius 1 is 0.700 bits per heavy atom. The first kappa shape index (κ1) is 37.0. The number of nitrogens with one attached hydrogen (secondary N) is 1. The number of urea groups is 1. The van der Waals surface area contributed by atoms with Crippen molar-refractivity contribution in [2.24, 2.45) is 5.92 Å². The molecule has 0 bridgehead atoms. The summed E-state index contributed by atoms with van der Waals surface area (Å²) in [6.45, 7) is 4.12. The van der Waals surface area contributed by atoms with Crippen LogP contribution in [-0.4, -0.2) is 34.6 Å². The fourth-order valence-electron chi connectivity index (χ4n) is 7.17. The van der Waals surface area contributed by atoms with E-state index >= 15 is 0 Å². The fraction of sp³-hybridized carbons (Fsp3) is 0.444. The Labute approximate surface area is 282 Å². The zero-order chi connectivity index (χ0) is 36.8. The summed E-state index contributed by atoms with van der Waals surface area (Å²) < 4.78 is 116. The lowest BCUT2D eigenvalue weighted by atomic mass is 9.78. The fourth-order valence-corrected chi connectivity index (χ4v) is 7.17. The molecule has 0 radical (unpaired) electrons. The molecule has 50 heavy (non-hydrogen) atoms. The Hall–Kier alpha value is -4.23. The van der Waals surface area contributed by atoms with Crippen LogP contribution in [0.1, 0.15) is 89.4 Å². The minimum Gasteiger partial charge on any atom is -0.481 e. The average Bonchev–Trinajstić information content (AvgIpc) is 3.64. The predicted molar refractivity (Wildman–Crippen MR) is 166 cm³/mol. The van der Waals surface area contributed by atoms with E-state index in [0.717, 1.165) is 41.2 Å². The van der Waals surface area contributed by atoms with E-state index in [-0.39, 0.29) is 17.5 Å². The van der Waals surface area contributed by atoms with Crippen LogP contribution in [0.5, 0.6) is 0 Å². The van der Waals surface area contributed by atoms with Crippen LogP contribution in [-0.2, 0) is 23.3 Å². The second kappa shape index (κ2) is 13.8. The Morgan fingerprint density at radius 3 is 1.84 bits per heavy atom. The first-order chi connectivity index (χ1) is 23.2. The highest BCUT2D eigenvalue weighted by Crippen LogP contribution is 2.42. The summed E-state index contributed by atoms with van der Waals surface area (Å²) in [5.74, 6) is -0.684. The summed E-state index contributed by atoms with van der Waals surface area (Å²) in [5.41, 5.74) is 0.959. The van der Waals surface area contributed by atoms with E-state index in [4.69, 9.17) is 5.11 Å². The summed E-state index contributed by atoms with van der Waals surface area (Å²) in [4.78, 5) is 24.4. The number of aryl methyl sites for hydroxylation is 2. The van der Waals surface area contributed by atoms with Gasteiger partial charge in [-0.05, 0) is 122 Å².